The van der Waals surface area contributed by atoms with Gasteiger partial charge in [0.15, 0.2) is 0 Å². The fraction of sp³-hybridized carbons (Fsp3) is 0.500. The largest absolute Gasteiger partial charge is 0.207 e. The Morgan fingerprint density at radius 1 is 0.846 bits per heavy atom. The number of hydrogen-bond acceptors (Lipinski definition) is 0. The van der Waals surface area contributed by atoms with Crippen molar-refractivity contribution in [3.8, 4) is 0 Å². The van der Waals surface area contributed by atoms with Crippen molar-refractivity contribution >= 4 is 0 Å². The van der Waals surface area contributed by atoms with E-state index in [0.29, 0.717) is 0 Å². The van der Waals surface area contributed by atoms with Crippen molar-refractivity contribution in [1.82, 2.24) is 0 Å². The minimum Gasteiger partial charge on any atom is -0.207 e. The van der Waals surface area contributed by atoms with Crippen LogP contribution in [0.3, 0.4) is 0 Å². The molecule has 1 saturated carbocycles. The van der Waals surface area contributed by atoms with Crippen LogP contribution < -0.4 is 0 Å². The van der Waals surface area contributed by atoms with Crippen LogP contribution in [0.1, 0.15) is 73.1 Å². The van der Waals surface area contributed by atoms with E-state index >= 15 is 0 Å². The van der Waals surface area contributed by atoms with Crippen molar-refractivity contribution in [1.29, 1.82) is 0 Å². The quantitative estimate of drug-likeness (QED) is 0.477. The van der Waals surface area contributed by atoms with E-state index in [9.17, 15) is 8.78 Å². The van der Waals surface area contributed by atoms with Crippen LogP contribution in [0.25, 0.3) is 0 Å². The van der Waals surface area contributed by atoms with Crippen LogP contribution in [-0.2, 0) is 6.42 Å². The molecular weight excluding hydrogens is 326 g/mol. The van der Waals surface area contributed by atoms with Crippen LogP contribution >= 0.6 is 0 Å². The Bertz CT molecular complexity index is 686. The molecule has 1 aliphatic carbocycles. The molecule has 2 aromatic carbocycles. The molecule has 2 aromatic rings. The first-order chi connectivity index (χ1) is 12.5. The van der Waals surface area contributed by atoms with Gasteiger partial charge >= 0.3 is 0 Å². The summed E-state index contributed by atoms with van der Waals surface area (Å²) < 4.78 is 27.2. The summed E-state index contributed by atoms with van der Waals surface area (Å²) in [5, 5.41) is 0. The summed E-state index contributed by atoms with van der Waals surface area (Å²) >= 11 is 0. The van der Waals surface area contributed by atoms with Gasteiger partial charge in [0.25, 0.3) is 0 Å². The molecule has 3 rings (SSSR count). The number of unbranched alkanes of at least 4 members (excludes halogenated alkanes) is 1. The van der Waals surface area contributed by atoms with Crippen molar-refractivity contribution in [2.24, 2.45) is 5.92 Å². The highest BCUT2D eigenvalue weighted by molar-refractivity contribution is 5.26. The first kappa shape index (κ1) is 19.1. The van der Waals surface area contributed by atoms with Crippen LogP contribution in [0.5, 0.6) is 0 Å². The second-order valence-corrected chi connectivity index (χ2v) is 8.06. The van der Waals surface area contributed by atoms with E-state index in [1.54, 1.807) is 0 Å². The van der Waals surface area contributed by atoms with Gasteiger partial charge in [-0.2, -0.15) is 0 Å². The van der Waals surface area contributed by atoms with E-state index in [1.807, 2.05) is 0 Å². The summed E-state index contributed by atoms with van der Waals surface area (Å²) in [5.41, 5.74) is 3.74. The maximum Gasteiger partial charge on any atom is 0.129 e. The fourth-order valence-corrected chi connectivity index (χ4v) is 4.23. The zero-order chi connectivity index (χ0) is 18.5. The van der Waals surface area contributed by atoms with E-state index in [-0.39, 0.29) is 5.56 Å². The third-order valence-corrected chi connectivity index (χ3v) is 6.06. The fourth-order valence-electron chi connectivity index (χ4n) is 4.23. The lowest BCUT2D eigenvalue weighted by molar-refractivity contribution is 0.303. The zero-order valence-electron chi connectivity index (χ0n) is 16.0. The van der Waals surface area contributed by atoms with Crippen molar-refractivity contribution in [2.45, 2.75) is 71.1 Å². The minimum absolute atomic E-state index is 0.124. The number of halogens is 2. The summed E-state index contributed by atoms with van der Waals surface area (Å²) in [7, 11) is 0. The van der Waals surface area contributed by atoms with Gasteiger partial charge in [-0.3, -0.25) is 0 Å². The van der Waals surface area contributed by atoms with E-state index in [1.165, 1.54) is 62.3 Å². The predicted molar refractivity (Wildman–Crippen MR) is 105 cm³/mol. The molecule has 2 heteroatoms. The topological polar surface area (TPSA) is 0 Å². The molecule has 0 aromatic heterocycles. The van der Waals surface area contributed by atoms with Gasteiger partial charge in [-0.25, -0.2) is 8.78 Å². The number of rotatable bonds is 6. The summed E-state index contributed by atoms with van der Waals surface area (Å²) in [5.74, 6) is 0.706. The molecule has 0 bridgehead atoms. The van der Waals surface area contributed by atoms with Crippen molar-refractivity contribution in [2.75, 3.05) is 0 Å². The molecule has 0 spiro atoms. The minimum atomic E-state index is -0.422. The van der Waals surface area contributed by atoms with E-state index in [4.69, 9.17) is 0 Å². The van der Waals surface area contributed by atoms with E-state index < -0.39 is 11.6 Å². The number of benzene rings is 2. The Morgan fingerprint density at radius 3 is 2.08 bits per heavy atom. The molecular formula is C24H30F2. The Morgan fingerprint density at radius 2 is 1.46 bits per heavy atom. The zero-order valence-corrected chi connectivity index (χ0v) is 16.0. The van der Waals surface area contributed by atoms with Gasteiger partial charge in [-0.05, 0) is 87.5 Å². The third kappa shape index (κ3) is 4.93. The smallest absolute Gasteiger partial charge is 0.129 e. The molecule has 0 amide bonds. The van der Waals surface area contributed by atoms with Gasteiger partial charge in [-0.15, -0.1) is 0 Å². The maximum absolute atomic E-state index is 13.6. The van der Waals surface area contributed by atoms with Gasteiger partial charge in [0.05, 0.1) is 0 Å². The highest BCUT2D eigenvalue weighted by atomic mass is 19.1. The lowest BCUT2D eigenvalue weighted by Gasteiger charge is -2.29. The van der Waals surface area contributed by atoms with Crippen LogP contribution in [0.4, 0.5) is 8.78 Å². The highest BCUT2D eigenvalue weighted by Gasteiger charge is 2.21. The normalized spacial score (nSPS) is 20.3. The molecule has 1 fully saturated rings. The average Bonchev–Trinajstić information content (AvgIpc) is 2.64. The molecule has 0 heterocycles. The van der Waals surface area contributed by atoms with E-state index in [0.717, 1.165) is 36.7 Å². The van der Waals surface area contributed by atoms with Crippen molar-refractivity contribution in [3.05, 3.63) is 70.3 Å². The third-order valence-electron chi connectivity index (χ3n) is 6.06. The summed E-state index contributed by atoms with van der Waals surface area (Å²) in [6, 6.07) is 12.0. The monoisotopic (exact) mass is 356 g/mol. The average molecular weight is 357 g/mol. The lowest BCUT2D eigenvalue weighted by atomic mass is 9.77. The first-order valence-electron chi connectivity index (χ1n) is 10.0. The van der Waals surface area contributed by atoms with E-state index in [2.05, 4.69) is 31.2 Å². The van der Waals surface area contributed by atoms with Gasteiger partial charge in [0.1, 0.15) is 11.6 Å². The predicted octanol–water partition coefficient (Wildman–Crippen LogP) is 7.27. The van der Waals surface area contributed by atoms with Crippen LogP contribution in [0.15, 0.2) is 36.4 Å². The van der Waals surface area contributed by atoms with Gasteiger partial charge in [-0.1, -0.05) is 42.7 Å². The van der Waals surface area contributed by atoms with Crippen LogP contribution in [-0.4, -0.2) is 0 Å². The van der Waals surface area contributed by atoms with Gasteiger partial charge < -0.3 is 0 Å². The first-order valence-corrected chi connectivity index (χ1v) is 10.0. The molecule has 26 heavy (non-hydrogen) atoms. The Labute approximate surface area is 156 Å². The second kappa shape index (κ2) is 8.79. The Kier molecular flexibility index (Phi) is 6.45. The molecule has 140 valence electrons. The number of hydrogen-bond donors (Lipinski definition) is 0. The maximum atomic E-state index is 13.6. The molecule has 0 atom stereocenters. The number of aryl methyl sites for hydroxylation is 2. The van der Waals surface area contributed by atoms with Crippen molar-refractivity contribution in [3.63, 3.8) is 0 Å². The standard InChI is InChI=1S/C24H30F2/c1-17-7-11-21(12-8-17)22-13-9-19(10-14-22)5-3-4-6-20-15-23(25)18(2)24(26)16-20/h7-8,11-12,15-16,19,22H,3-6,9-10,13-14H2,1-2H3. The molecule has 1 aliphatic rings. The molecule has 0 N–H and O–H groups in total. The van der Waals surface area contributed by atoms with Gasteiger partial charge in [0, 0.05) is 5.56 Å². The molecule has 0 radical (unpaired) electrons. The van der Waals surface area contributed by atoms with Crippen molar-refractivity contribution < 1.29 is 8.78 Å². The summed E-state index contributed by atoms with van der Waals surface area (Å²) in [6.07, 6.45) is 9.39. The molecule has 0 unspecified atom stereocenters. The van der Waals surface area contributed by atoms with Crippen LogP contribution in [0.2, 0.25) is 0 Å². The second-order valence-electron chi connectivity index (χ2n) is 8.06. The Balaban J connectivity index is 1.38. The van der Waals surface area contributed by atoms with Gasteiger partial charge in [0.2, 0.25) is 0 Å². The van der Waals surface area contributed by atoms with Crippen LogP contribution in [0, 0.1) is 31.4 Å². The molecule has 0 saturated heterocycles. The molecule has 0 nitrogen and oxygen atoms in total. The SMILES string of the molecule is Cc1ccc(C2CCC(CCCCc3cc(F)c(C)c(F)c3)CC2)cc1. The summed E-state index contributed by atoms with van der Waals surface area (Å²) in [6.45, 7) is 3.63. The lowest BCUT2D eigenvalue weighted by Crippen LogP contribution is -2.13. The highest BCUT2D eigenvalue weighted by Crippen LogP contribution is 2.37. The summed E-state index contributed by atoms with van der Waals surface area (Å²) in [4.78, 5) is 0. The Hall–Kier alpha value is -1.70. The molecule has 0 aliphatic heterocycles.